The molecule has 0 aliphatic carbocycles. The fraction of sp³-hybridized carbons (Fsp3) is 0.226. The summed E-state index contributed by atoms with van der Waals surface area (Å²) in [6.07, 6.45) is 3.08. The number of aromatic amines is 1. The Morgan fingerprint density at radius 1 is 0.870 bits per heavy atom. The minimum atomic E-state index is -4.02. The molecule has 242 valence electrons. The van der Waals surface area contributed by atoms with Crippen molar-refractivity contribution in [1.29, 1.82) is 0 Å². The molecule has 3 aromatic carbocycles. The minimum absolute atomic E-state index is 0.00307. The maximum absolute atomic E-state index is 13.8. The van der Waals surface area contributed by atoms with Gasteiger partial charge < -0.3 is 31.8 Å². The molecule has 4 atom stereocenters. The predicted molar refractivity (Wildman–Crippen MR) is 174 cm³/mol. The molecular weight excluding hydrogens is 631 g/mol. The van der Waals surface area contributed by atoms with Crippen molar-refractivity contribution in [2.45, 2.75) is 47.7 Å². The largest absolute Gasteiger partial charge is 0.508 e. The molecule has 46 heavy (non-hydrogen) atoms. The molecule has 9 N–H and O–H groups in total. The van der Waals surface area contributed by atoms with Crippen LogP contribution in [-0.2, 0) is 43.8 Å². The number of amides is 3. The number of imidazole rings is 1. The van der Waals surface area contributed by atoms with E-state index in [-0.39, 0.29) is 35.6 Å². The van der Waals surface area contributed by atoms with Gasteiger partial charge in [-0.2, -0.15) is 12.6 Å². The molecule has 4 rings (SSSR count). The van der Waals surface area contributed by atoms with Crippen molar-refractivity contribution in [3.8, 4) is 5.75 Å². The van der Waals surface area contributed by atoms with Gasteiger partial charge in [-0.05, 0) is 41.0 Å². The van der Waals surface area contributed by atoms with Gasteiger partial charge in [-0.25, -0.2) is 18.5 Å². The molecule has 0 radical (unpaired) electrons. The van der Waals surface area contributed by atoms with Gasteiger partial charge in [0.05, 0.1) is 22.5 Å². The van der Waals surface area contributed by atoms with Crippen molar-refractivity contribution in [1.82, 2.24) is 25.9 Å². The quantitative estimate of drug-likeness (QED) is 0.0899. The molecule has 4 aromatic rings. The zero-order valence-electron chi connectivity index (χ0n) is 24.5. The fourth-order valence-corrected chi connectivity index (χ4v) is 5.40. The molecule has 0 saturated carbocycles. The summed E-state index contributed by atoms with van der Waals surface area (Å²) in [5.41, 5.74) is 8.65. The van der Waals surface area contributed by atoms with Crippen LogP contribution in [0.5, 0.6) is 5.75 Å². The Balaban J connectivity index is 1.54. The molecule has 0 saturated heterocycles. The number of phenolic OH excluding ortho intramolecular Hbond substituents is 1. The summed E-state index contributed by atoms with van der Waals surface area (Å²) >= 11 is 4.39. The lowest BCUT2D eigenvalue weighted by atomic mass is 10.0. The lowest BCUT2D eigenvalue weighted by Gasteiger charge is -2.26. The molecule has 1 heterocycles. The summed E-state index contributed by atoms with van der Waals surface area (Å²) in [5, 5.41) is 22.0. The Morgan fingerprint density at radius 3 is 2.20 bits per heavy atom. The van der Waals surface area contributed by atoms with Crippen LogP contribution in [-0.4, -0.2) is 58.5 Å². The number of thiol groups is 1. The second-order valence-electron chi connectivity index (χ2n) is 10.6. The second kappa shape index (κ2) is 15.5. The fourth-order valence-electron chi connectivity index (χ4n) is 4.58. The number of phenols is 1. The number of rotatable bonds is 14. The molecule has 0 spiro atoms. The first-order valence-electron chi connectivity index (χ1n) is 14.1. The first kappa shape index (κ1) is 34.2. The van der Waals surface area contributed by atoms with Crippen LogP contribution in [0.1, 0.15) is 28.4 Å². The SMILES string of the molecule is N[C@H](c1cccc(S(N)(=O)=O)c1)[C@H](S)C(=O)N[C@@H](Cc1ccc(O)cc1)C(=O)N[C@@H](Cc1cnc[nH]1)C(=O)NCc1ccccc1. The highest BCUT2D eigenvalue weighted by Gasteiger charge is 2.31. The molecule has 3 amide bonds. The van der Waals surface area contributed by atoms with Crippen LogP contribution in [0.3, 0.4) is 0 Å². The van der Waals surface area contributed by atoms with Crippen molar-refractivity contribution in [2.24, 2.45) is 10.9 Å². The van der Waals surface area contributed by atoms with E-state index in [0.717, 1.165) is 5.56 Å². The van der Waals surface area contributed by atoms with Crippen molar-refractivity contribution in [2.75, 3.05) is 0 Å². The number of primary sulfonamides is 1. The van der Waals surface area contributed by atoms with Gasteiger partial charge in [0.25, 0.3) is 0 Å². The van der Waals surface area contributed by atoms with Crippen LogP contribution < -0.4 is 26.8 Å². The van der Waals surface area contributed by atoms with Crippen molar-refractivity contribution in [3.63, 3.8) is 0 Å². The van der Waals surface area contributed by atoms with E-state index < -0.39 is 51.1 Å². The maximum atomic E-state index is 13.8. The Morgan fingerprint density at radius 2 is 1.54 bits per heavy atom. The topological polar surface area (TPSA) is 222 Å². The van der Waals surface area contributed by atoms with Crippen molar-refractivity contribution >= 4 is 40.4 Å². The zero-order valence-corrected chi connectivity index (χ0v) is 26.2. The number of aromatic hydroxyl groups is 1. The van der Waals surface area contributed by atoms with Gasteiger partial charge in [0.2, 0.25) is 27.7 Å². The average molecular weight is 666 g/mol. The molecule has 0 unspecified atom stereocenters. The first-order valence-corrected chi connectivity index (χ1v) is 16.2. The van der Waals surface area contributed by atoms with Crippen LogP contribution in [0.2, 0.25) is 0 Å². The smallest absolute Gasteiger partial charge is 0.243 e. The van der Waals surface area contributed by atoms with Gasteiger partial charge in [-0.3, -0.25) is 14.4 Å². The summed E-state index contributed by atoms with van der Waals surface area (Å²) in [5.74, 6) is -1.81. The van der Waals surface area contributed by atoms with Gasteiger partial charge >= 0.3 is 0 Å². The summed E-state index contributed by atoms with van der Waals surface area (Å²) in [7, 11) is -4.02. The highest BCUT2D eigenvalue weighted by atomic mass is 32.2. The Bertz CT molecular complexity index is 1740. The lowest BCUT2D eigenvalue weighted by molar-refractivity contribution is -0.132. The molecule has 13 nitrogen and oxygen atoms in total. The summed E-state index contributed by atoms with van der Waals surface area (Å²) < 4.78 is 23.6. The number of aromatic nitrogens is 2. The number of nitrogens with two attached hydrogens (primary N) is 2. The van der Waals surface area contributed by atoms with E-state index in [0.29, 0.717) is 11.3 Å². The Hall–Kier alpha value is -4.70. The number of nitrogens with one attached hydrogen (secondary N) is 4. The minimum Gasteiger partial charge on any atom is -0.508 e. The summed E-state index contributed by atoms with van der Waals surface area (Å²) in [6.45, 7) is 0.231. The molecule has 1 aromatic heterocycles. The monoisotopic (exact) mass is 665 g/mol. The molecule has 0 aliphatic heterocycles. The number of hydrogen-bond acceptors (Lipinski definition) is 9. The van der Waals surface area contributed by atoms with Gasteiger partial charge in [-0.1, -0.05) is 54.6 Å². The van der Waals surface area contributed by atoms with E-state index in [9.17, 15) is 27.9 Å². The average Bonchev–Trinajstić information content (AvgIpc) is 3.56. The lowest BCUT2D eigenvalue weighted by Crippen LogP contribution is -2.56. The standard InChI is InChI=1S/C31H35N7O6S2/c32-27(21-7-4-8-24(14-21)46(33,43)44)28(45)31(42)38-25(13-19-9-11-23(39)12-10-19)30(41)37-26(15-22-17-34-18-36-22)29(40)35-16-20-5-2-1-3-6-20/h1-12,14,17-18,25-28,39,45H,13,15-16,32H2,(H,34,36)(H,35,40)(H,37,41)(H,38,42)(H2,33,43,44)/t25-,26-,27+,28-/m0/s1. The number of sulfonamides is 1. The van der Waals surface area contributed by atoms with E-state index in [4.69, 9.17) is 10.9 Å². The third-order valence-electron chi connectivity index (χ3n) is 7.11. The normalized spacial score (nSPS) is 14.0. The number of nitrogens with zero attached hydrogens (tertiary/aromatic N) is 1. The second-order valence-corrected chi connectivity index (χ2v) is 12.7. The molecule has 0 aliphatic rings. The van der Waals surface area contributed by atoms with Crippen LogP contribution in [0.25, 0.3) is 0 Å². The molecular formula is C31H35N7O6S2. The van der Waals surface area contributed by atoms with E-state index in [1.807, 2.05) is 30.3 Å². The van der Waals surface area contributed by atoms with Crippen molar-refractivity contribution in [3.05, 3.63) is 114 Å². The number of hydrogen-bond donors (Lipinski definition) is 8. The van der Waals surface area contributed by atoms with Crippen LogP contribution in [0, 0.1) is 0 Å². The van der Waals surface area contributed by atoms with E-state index in [1.165, 1.54) is 48.9 Å². The number of benzene rings is 3. The van der Waals surface area contributed by atoms with Crippen LogP contribution >= 0.6 is 12.6 Å². The molecule has 0 fully saturated rings. The zero-order chi connectivity index (χ0) is 33.3. The molecule has 15 heteroatoms. The first-order chi connectivity index (χ1) is 21.9. The summed E-state index contributed by atoms with van der Waals surface area (Å²) in [6, 6.07) is 17.6. The van der Waals surface area contributed by atoms with Gasteiger partial charge in [0.1, 0.15) is 17.8 Å². The van der Waals surface area contributed by atoms with E-state index >= 15 is 0 Å². The van der Waals surface area contributed by atoms with E-state index in [2.05, 4.69) is 38.5 Å². The number of carbonyl (C=O) groups is 3. The highest BCUT2D eigenvalue weighted by molar-refractivity contribution is 7.89. The third-order valence-corrected chi connectivity index (χ3v) is 8.58. The number of H-pyrrole nitrogens is 1. The van der Waals surface area contributed by atoms with Gasteiger partial charge in [0, 0.05) is 31.3 Å². The van der Waals surface area contributed by atoms with E-state index in [1.54, 1.807) is 12.1 Å². The third kappa shape index (κ3) is 9.65. The predicted octanol–water partition coefficient (Wildman–Crippen LogP) is 0.832. The number of carbonyl (C=O) groups excluding carboxylic acids is 3. The van der Waals surface area contributed by atoms with Gasteiger partial charge in [0.15, 0.2) is 0 Å². The van der Waals surface area contributed by atoms with Crippen LogP contribution in [0.15, 0.2) is 96.3 Å². The maximum Gasteiger partial charge on any atom is 0.243 e. The summed E-state index contributed by atoms with van der Waals surface area (Å²) in [4.78, 5) is 47.2. The molecule has 0 bridgehead atoms. The highest BCUT2D eigenvalue weighted by Crippen LogP contribution is 2.22. The van der Waals surface area contributed by atoms with Crippen LogP contribution in [0.4, 0.5) is 0 Å². The van der Waals surface area contributed by atoms with Crippen molar-refractivity contribution < 1.29 is 27.9 Å². The van der Waals surface area contributed by atoms with Gasteiger partial charge in [-0.15, -0.1) is 0 Å². The Labute approximate surface area is 271 Å². The Kier molecular flexibility index (Phi) is 11.5.